The molecule has 174 valence electrons. The van der Waals surface area contributed by atoms with Crippen LogP contribution in [0, 0.1) is 0 Å². The van der Waals surface area contributed by atoms with Crippen LogP contribution in [0.2, 0.25) is 0 Å². The Hall–Kier alpha value is -4.00. The van der Waals surface area contributed by atoms with Crippen LogP contribution in [-0.4, -0.2) is 29.5 Å². The molecular weight excluding hydrogens is 434 g/mol. The van der Waals surface area contributed by atoms with Gasteiger partial charge in [-0.15, -0.1) is 0 Å². The third-order valence-electron chi connectivity index (χ3n) is 6.00. The van der Waals surface area contributed by atoms with E-state index in [4.69, 9.17) is 13.9 Å². The predicted molar refractivity (Wildman–Crippen MR) is 126 cm³/mol. The molecule has 1 amide bonds. The van der Waals surface area contributed by atoms with Crippen LogP contribution in [0.5, 0.6) is 11.5 Å². The van der Waals surface area contributed by atoms with Gasteiger partial charge in [0.2, 0.25) is 0 Å². The van der Waals surface area contributed by atoms with Gasteiger partial charge in [0.25, 0.3) is 11.7 Å². The summed E-state index contributed by atoms with van der Waals surface area (Å²) in [7, 11) is 0. The van der Waals surface area contributed by atoms with Crippen molar-refractivity contribution in [2.24, 2.45) is 0 Å². The summed E-state index contributed by atoms with van der Waals surface area (Å²) in [4.78, 5) is 27.8. The number of carbonyl (C=O) groups is 2. The molecule has 2 aromatic carbocycles. The van der Waals surface area contributed by atoms with Crippen molar-refractivity contribution in [3.63, 3.8) is 0 Å². The number of amides is 1. The third kappa shape index (κ3) is 3.73. The first-order valence-electron chi connectivity index (χ1n) is 11.3. The van der Waals surface area contributed by atoms with Gasteiger partial charge in [-0.2, -0.15) is 0 Å². The molecule has 0 aliphatic carbocycles. The number of carbonyl (C=O) groups excluding carboxylic acids is 2. The van der Waals surface area contributed by atoms with Crippen molar-refractivity contribution < 1.29 is 28.6 Å². The molecule has 1 saturated heterocycles. The van der Waals surface area contributed by atoms with E-state index in [2.05, 4.69) is 0 Å². The summed E-state index contributed by atoms with van der Waals surface area (Å²) >= 11 is 0. The van der Waals surface area contributed by atoms with Gasteiger partial charge in [-0.25, -0.2) is 0 Å². The summed E-state index contributed by atoms with van der Waals surface area (Å²) in [5.74, 6) is -0.0393. The first kappa shape index (κ1) is 21.8. The van der Waals surface area contributed by atoms with Gasteiger partial charge in [-0.1, -0.05) is 13.0 Å². The van der Waals surface area contributed by atoms with Gasteiger partial charge >= 0.3 is 0 Å². The normalized spacial score (nSPS) is 20.9. The van der Waals surface area contributed by atoms with Gasteiger partial charge in [0.1, 0.15) is 35.2 Å². The number of hydrogen-bond donors (Lipinski definition) is 1. The lowest BCUT2D eigenvalue weighted by Gasteiger charge is -2.24. The van der Waals surface area contributed by atoms with Gasteiger partial charge in [0.15, 0.2) is 0 Å². The molecule has 1 N–H and O–H groups in total. The zero-order valence-corrected chi connectivity index (χ0v) is 19.0. The Morgan fingerprint density at radius 1 is 1.15 bits per heavy atom. The fourth-order valence-corrected chi connectivity index (χ4v) is 4.48. The molecule has 0 radical (unpaired) electrons. The van der Waals surface area contributed by atoms with E-state index >= 15 is 0 Å². The number of anilines is 1. The van der Waals surface area contributed by atoms with Crippen LogP contribution >= 0.6 is 0 Å². The first-order chi connectivity index (χ1) is 16.5. The number of rotatable bonds is 6. The first-order valence-corrected chi connectivity index (χ1v) is 11.3. The van der Waals surface area contributed by atoms with E-state index < -0.39 is 17.7 Å². The molecule has 2 unspecified atom stereocenters. The molecule has 3 aromatic rings. The minimum Gasteiger partial charge on any atom is -0.507 e. The van der Waals surface area contributed by atoms with Crippen molar-refractivity contribution in [1.29, 1.82) is 0 Å². The number of furan rings is 1. The second-order valence-electron chi connectivity index (χ2n) is 8.49. The van der Waals surface area contributed by atoms with Crippen molar-refractivity contribution >= 4 is 23.1 Å². The number of nitrogens with zero attached hydrogens (tertiary/aromatic N) is 1. The van der Waals surface area contributed by atoms with Gasteiger partial charge in [0, 0.05) is 23.7 Å². The Bertz CT molecular complexity index is 1280. The highest BCUT2D eigenvalue weighted by atomic mass is 16.5. The molecule has 2 aliphatic rings. The second kappa shape index (κ2) is 8.74. The van der Waals surface area contributed by atoms with Gasteiger partial charge in [0.05, 0.1) is 18.4 Å². The monoisotopic (exact) mass is 459 g/mol. The summed E-state index contributed by atoms with van der Waals surface area (Å²) in [5, 5.41) is 11.3. The van der Waals surface area contributed by atoms with Crippen LogP contribution < -0.4 is 14.4 Å². The second-order valence-corrected chi connectivity index (χ2v) is 8.49. The van der Waals surface area contributed by atoms with E-state index in [1.165, 1.54) is 11.2 Å². The van der Waals surface area contributed by atoms with Gasteiger partial charge < -0.3 is 19.0 Å². The molecule has 0 saturated carbocycles. The largest absolute Gasteiger partial charge is 0.507 e. The quantitative estimate of drug-likeness (QED) is 0.316. The lowest BCUT2D eigenvalue weighted by molar-refractivity contribution is -0.132. The highest BCUT2D eigenvalue weighted by molar-refractivity contribution is 6.51. The van der Waals surface area contributed by atoms with Crippen LogP contribution in [0.25, 0.3) is 5.76 Å². The van der Waals surface area contributed by atoms with Crippen LogP contribution in [-0.2, 0) is 16.0 Å². The lowest BCUT2D eigenvalue weighted by Crippen LogP contribution is -2.29. The standard InChI is InChI=1S/C27H25NO6/c1-3-11-32-20-7-4-6-19(15-20)28-24(22-8-5-12-33-22)23(26(30)27(28)31)25(29)17-9-10-21-18(14-17)13-16(2)34-21/h4-10,12,14-16,24,29H,3,11,13H2,1-2H3/b25-23-. The average molecular weight is 459 g/mol. The zero-order chi connectivity index (χ0) is 23.8. The van der Waals surface area contributed by atoms with Crippen LogP contribution in [0.4, 0.5) is 5.69 Å². The van der Waals surface area contributed by atoms with E-state index in [1.54, 1.807) is 54.6 Å². The Balaban J connectivity index is 1.62. The Kier molecular flexibility index (Phi) is 5.61. The van der Waals surface area contributed by atoms with Crippen molar-refractivity contribution in [1.82, 2.24) is 0 Å². The van der Waals surface area contributed by atoms with E-state index in [0.717, 1.165) is 17.7 Å². The lowest BCUT2D eigenvalue weighted by atomic mass is 9.97. The molecular formula is C27H25NO6. The van der Waals surface area contributed by atoms with Gasteiger partial charge in [-0.3, -0.25) is 14.5 Å². The van der Waals surface area contributed by atoms with Crippen molar-refractivity contribution in [2.75, 3.05) is 11.5 Å². The molecule has 3 heterocycles. The minimum absolute atomic E-state index is 0.0215. The summed E-state index contributed by atoms with van der Waals surface area (Å²) in [6.45, 7) is 4.51. The fraction of sp³-hybridized carbons (Fsp3) is 0.259. The van der Waals surface area contributed by atoms with Crippen molar-refractivity contribution in [3.8, 4) is 11.5 Å². The molecule has 7 nitrogen and oxygen atoms in total. The summed E-state index contributed by atoms with van der Waals surface area (Å²) in [5.41, 5.74) is 1.85. The molecule has 2 aliphatic heterocycles. The minimum atomic E-state index is -0.917. The maximum atomic E-state index is 13.2. The number of aliphatic hydroxyl groups excluding tert-OH is 1. The number of aliphatic hydroxyl groups is 1. The molecule has 34 heavy (non-hydrogen) atoms. The molecule has 2 atom stereocenters. The average Bonchev–Trinajstić information content (AvgIpc) is 3.55. The molecule has 5 rings (SSSR count). The Labute approximate surface area is 197 Å². The van der Waals surface area contributed by atoms with Crippen molar-refractivity contribution in [3.05, 3.63) is 83.3 Å². The van der Waals surface area contributed by atoms with Crippen LogP contribution in [0.1, 0.15) is 43.2 Å². The number of fused-ring (bicyclic) bond motifs is 1. The van der Waals surface area contributed by atoms with E-state index in [-0.39, 0.29) is 17.4 Å². The SMILES string of the molecule is CCCOc1cccc(N2C(=O)C(=O)/C(=C(\O)c3ccc4c(c3)CC(C)O4)C2c2ccco2)c1. The van der Waals surface area contributed by atoms with Gasteiger partial charge in [-0.05, 0) is 61.4 Å². The molecule has 7 heteroatoms. The fourth-order valence-electron chi connectivity index (χ4n) is 4.48. The summed E-state index contributed by atoms with van der Waals surface area (Å²) in [6, 6.07) is 14.7. The number of ketones is 1. The van der Waals surface area contributed by atoms with E-state index in [1.807, 2.05) is 13.8 Å². The summed E-state index contributed by atoms with van der Waals surface area (Å²) in [6.07, 6.45) is 3.07. The Morgan fingerprint density at radius 2 is 2.00 bits per heavy atom. The van der Waals surface area contributed by atoms with Crippen LogP contribution in [0.15, 0.2) is 70.9 Å². The highest BCUT2D eigenvalue weighted by Crippen LogP contribution is 2.43. The maximum Gasteiger partial charge on any atom is 0.300 e. The molecule has 0 spiro atoms. The number of Topliss-reactive ketones (excluding diaryl/α,β-unsaturated/α-hetero) is 1. The number of hydrogen-bond acceptors (Lipinski definition) is 6. The zero-order valence-electron chi connectivity index (χ0n) is 19.0. The van der Waals surface area contributed by atoms with Crippen LogP contribution in [0.3, 0.4) is 0 Å². The molecule has 1 aromatic heterocycles. The molecule has 0 bridgehead atoms. The molecule has 1 fully saturated rings. The topological polar surface area (TPSA) is 89.2 Å². The highest BCUT2D eigenvalue weighted by Gasteiger charge is 2.48. The summed E-state index contributed by atoms with van der Waals surface area (Å²) < 4.78 is 17.1. The van der Waals surface area contributed by atoms with E-state index in [9.17, 15) is 14.7 Å². The van der Waals surface area contributed by atoms with E-state index in [0.29, 0.717) is 35.8 Å². The van der Waals surface area contributed by atoms with Crippen molar-refractivity contribution in [2.45, 2.75) is 38.8 Å². The smallest absolute Gasteiger partial charge is 0.300 e. The Morgan fingerprint density at radius 3 is 2.76 bits per heavy atom. The number of benzene rings is 2. The third-order valence-corrected chi connectivity index (χ3v) is 6.00. The maximum absolute atomic E-state index is 13.2. The number of ether oxygens (including phenoxy) is 2. The predicted octanol–water partition coefficient (Wildman–Crippen LogP) is 5.02.